The van der Waals surface area contributed by atoms with Gasteiger partial charge in [-0.1, -0.05) is 12.2 Å². The number of nitrogens with zero attached hydrogens (tertiary/aromatic N) is 1. The second-order valence-electron chi connectivity index (χ2n) is 5.85. The topological polar surface area (TPSA) is 57.2 Å². The molecule has 0 saturated carbocycles. The number of ether oxygens (including phenoxy) is 4. The van der Waals surface area contributed by atoms with Crippen LogP contribution in [-0.4, -0.2) is 63.0 Å². The lowest BCUT2D eigenvalue weighted by atomic mass is 10.1. The number of rotatable bonds is 5. The Bertz CT molecular complexity index is 725. The number of methoxy groups -OCH3 is 4. The highest BCUT2D eigenvalue weighted by Gasteiger charge is 2.41. The molecule has 150 valence electrons. The van der Waals surface area contributed by atoms with Crippen LogP contribution < -0.4 is 9.47 Å². The summed E-state index contributed by atoms with van der Waals surface area (Å²) in [5, 5.41) is 0. The van der Waals surface area contributed by atoms with Crippen LogP contribution in [0.1, 0.15) is 17.5 Å². The van der Waals surface area contributed by atoms with Gasteiger partial charge in [-0.25, -0.2) is 4.79 Å². The first kappa shape index (κ1) is 21.2. The van der Waals surface area contributed by atoms with Gasteiger partial charge in [0.1, 0.15) is 16.6 Å². The molecule has 1 aliphatic rings. The number of carbonyl (C=O) groups is 1. The number of alkyl halides is 3. The van der Waals surface area contributed by atoms with Crippen molar-refractivity contribution in [1.82, 2.24) is 4.90 Å². The highest BCUT2D eigenvalue weighted by Crippen LogP contribution is 2.43. The maximum Gasteiger partial charge on any atom is 0.420 e. The molecule has 1 aromatic rings. The van der Waals surface area contributed by atoms with E-state index in [-0.39, 0.29) is 29.0 Å². The molecule has 1 aromatic carbocycles. The Morgan fingerprint density at radius 1 is 1.19 bits per heavy atom. The van der Waals surface area contributed by atoms with Crippen LogP contribution in [0.3, 0.4) is 0 Å². The van der Waals surface area contributed by atoms with E-state index in [0.717, 1.165) is 13.2 Å². The molecule has 0 aliphatic carbocycles. The van der Waals surface area contributed by atoms with E-state index in [2.05, 4.69) is 0 Å². The molecule has 1 fully saturated rings. The van der Waals surface area contributed by atoms with Gasteiger partial charge < -0.3 is 23.8 Å². The van der Waals surface area contributed by atoms with Crippen molar-refractivity contribution in [1.29, 1.82) is 0 Å². The number of carbonyl (C=O) groups excluding carboxylic acids is 1. The maximum absolute atomic E-state index is 13.5. The first-order valence-electron chi connectivity index (χ1n) is 7.92. The number of likely N-dealkylation sites (tertiary alicyclic amines) is 1. The number of thiocarbonyl (C=S) groups is 1. The van der Waals surface area contributed by atoms with Gasteiger partial charge in [-0.2, -0.15) is 13.2 Å². The van der Waals surface area contributed by atoms with Crippen molar-refractivity contribution in [2.45, 2.75) is 24.7 Å². The van der Waals surface area contributed by atoms with Gasteiger partial charge in [-0.3, -0.25) is 0 Å². The molecule has 1 aliphatic heterocycles. The molecule has 1 saturated heterocycles. The largest absolute Gasteiger partial charge is 0.493 e. The first-order chi connectivity index (χ1) is 12.7. The molecule has 1 heterocycles. The van der Waals surface area contributed by atoms with Gasteiger partial charge in [0.05, 0.1) is 27.4 Å². The molecule has 10 heteroatoms. The highest BCUT2D eigenvalue weighted by atomic mass is 32.1. The van der Waals surface area contributed by atoms with Crippen LogP contribution in [0.4, 0.5) is 13.2 Å². The van der Waals surface area contributed by atoms with Crippen LogP contribution in [0.15, 0.2) is 12.1 Å². The highest BCUT2D eigenvalue weighted by molar-refractivity contribution is 7.80. The number of benzene rings is 1. The van der Waals surface area contributed by atoms with E-state index in [1.54, 1.807) is 0 Å². The molecule has 2 rings (SSSR count). The Labute approximate surface area is 160 Å². The average Bonchev–Trinajstić information content (AvgIpc) is 3.09. The summed E-state index contributed by atoms with van der Waals surface area (Å²) in [7, 11) is 5.09. The van der Waals surface area contributed by atoms with E-state index >= 15 is 0 Å². The van der Waals surface area contributed by atoms with E-state index in [0.29, 0.717) is 6.42 Å². The molecule has 0 radical (unpaired) electrons. The lowest BCUT2D eigenvalue weighted by molar-refractivity contribution is -0.144. The molecule has 2 atom stereocenters. The zero-order valence-electron chi connectivity index (χ0n) is 15.3. The number of hydrogen-bond acceptors (Lipinski definition) is 6. The van der Waals surface area contributed by atoms with Crippen LogP contribution in [0.5, 0.6) is 11.5 Å². The summed E-state index contributed by atoms with van der Waals surface area (Å²) in [5.74, 6) is -1.08. The summed E-state index contributed by atoms with van der Waals surface area (Å²) in [5.41, 5.74) is -0.931. The Kier molecular flexibility index (Phi) is 6.53. The van der Waals surface area contributed by atoms with Crippen molar-refractivity contribution >= 4 is 23.2 Å². The lowest BCUT2D eigenvalue weighted by Crippen LogP contribution is -2.40. The summed E-state index contributed by atoms with van der Waals surface area (Å²) in [6.07, 6.45) is -4.65. The van der Waals surface area contributed by atoms with Gasteiger partial charge in [0.25, 0.3) is 0 Å². The third-order valence-corrected chi connectivity index (χ3v) is 4.83. The van der Waals surface area contributed by atoms with Crippen LogP contribution >= 0.6 is 12.2 Å². The molecule has 0 N–H and O–H groups in total. The van der Waals surface area contributed by atoms with E-state index in [1.165, 1.54) is 32.3 Å². The van der Waals surface area contributed by atoms with Crippen molar-refractivity contribution in [3.63, 3.8) is 0 Å². The van der Waals surface area contributed by atoms with Crippen LogP contribution in [0.2, 0.25) is 0 Å². The van der Waals surface area contributed by atoms with E-state index in [4.69, 9.17) is 31.2 Å². The Morgan fingerprint density at radius 3 is 2.33 bits per heavy atom. The van der Waals surface area contributed by atoms with Crippen LogP contribution in [0, 0.1) is 0 Å². The predicted molar refractivity (Wildman–Crippen MR) is 94.2 cm³/mol. The summed E-state index contributed by atoms with van der Waals surface area (Å²) in [6.45, 7) is 0.255. The second-order valence-corrected chi connectivity index (χ2v) is 6.23. The van der Waals surface area contributed by atoms with Gasteiger partial charge in [0.15, 0.2) is 11.5 Å². The average molecular weight is 407 g/mol. The zero-order valence-corrected chi connectivity index (χ0v) is 16.1. The van der Waals surface area contributed by atoms with E-state index < -0.39 is 29.5 Å². The fourth-order valence-corrected chi connectivity index (χ4v) is 3.34. The Hall–Kier alpha value is -2.07. The van der Waals surface area contributed by atoms with Gasteiger partial charge in [-0.15, -0.1) is 0 Å². The van der Waals surface area contributed by atoms with Crippen molar-refractivity contribution in [2.75, 3.05) is 35.0 Å². The number of hydrogen-bond donors (Lipinski definition) is 0. The Morgan fingerprint density at radius 2 is 1.85 bits per heavy atom. The summed E-state index contributed by atoms with van der Waals surface area (Å²) in [6, 6.07) is 1.50. The van der Waals surface area contributed by atoms with Gasteiger partial charge in [0, 0.05) is 25.6 Å². The molecule has 0 aromatic heterocycles. The normalized spacial score (nSPS) is 19.7. The fraction of sp³-hybridized carbons (Fsp3) is 0.529. The first-order valence-corrected chi connectivity index (χ1v) is 8.33. The molecule has 0 amide bonds. The SMILES string of the molecule is COC(=O)[C@H]1C[C@@H](OC)CN1C(=S)c1cc(OC)c(OC)c(C(F)(F)F)c1. The monoisotopic (exact) mass is 407 g/mol. The van der Waals surface area contributed by atoms with Crippen molar-refractivity contribution in [3.05, 3.63) is 23.3 Å². The standard InChI is InChI=1S/C17H20F3NO5S/c1-23-10-7-12(16(22)26-4)21(8-10)15(27)9-5-11(17(18,19)20)14(25-3)13(6-9)24-2/h5-6,10,12H,7-8H2,1-4H3/t10-,12-/m1/s1. The number of esters is 1. The summed E-state index contributed by atoms with van der Waals surface area (Å²) in [4.78, 5) is 13.6. The molecule has 0 unspecified atom stereocenters. The molecular weight excluding hydrogens is 387 g/mol. The van der Waals surface area contributed by atoms with Crippen molar-refractivity contribution in [2.24, 2.45) is 0 Å². The smallest absolute Gasteiger partial charge is 0.420 e. The summed E-state index contributed by atoms with van der Waals surface area (Å²) < 4.78 is 60.4. The molecule has 0 spiro atoms. The van der Waals surface area contributed by atoms with E-state index in [1.807, 2.05) is 0 Å². The van der Waals surface area contributed by atoms with Crippen molar-refractivity contribution in [3.8, 4) is 11.5 Å². The predicted octanol–water partition coefficient (Wildman–Crippen LogP) is 2.66. The molecular formula is C17H20F3NO5S. The van der Waals surface area contributed by atoms with Gasteiger partial charge in [-0.05, 0) is 12.1 Å². The third kappa shape index (κ3) is 4.27. The Balaban J connectivity index is 2.50. The zero-order chi connectivity index (χ0) is 20.4. The van der Waals surface area contributed by atoms with Crippen LogP contribution in [0.25, 0.3) is 0 Å². The van der Waals surface area contributed by atoms with Gasteiger partial charge in [0.2, 0.25) is 0 Å². The van der Waals surface area contributed by atoms with Crippen LogP contribution in [-0.2, 0) is 20.4 Å². The number of halogens is 3. The van der Waals surface area contributed by atoms with Gasteiger partial charge >= 0.3 is 12.1 Å². The maximum atomic E-state index is 13.5. The minimum Gasteiger partial charge on any atom is -0.493 e. The minimum atomic E-state index is -4.67. The molecule has 6 nitrogen and oxygen atoms in total. The molecule has 27 heavy (non-hydrogen) atoms. The quantitative estimate of drug-likeness (QED) is 0.549. The molecule has 0 bridgehead atoms. The summed E-state index contributed by atoms with van der Waals surface area (Å²) >= 11 is 5.39. The second kappa shape index (κ2) is 8.30. The van der Waals surface area contributed by atoms with E-state index in [9.17, 15) is 18.0 Å². The fourth-order valence-electron chi connectivity index (χ4n) is 3.02. The minimum absolute atomic E-state index is 0.0661. The van der Waals surface area contributed by atoms with Crippen molar-refractivity contribution < 1.29 is 36.9 Å². The lowest BCUT2D eigenvalue weighted by Gasteiger charge is -2.26. The third-order valence-electron chi connectivity index (χ3n) is 4.36.